The van der Waals surface area contributed by atoms with E-state index in [2.05, 4.69) is 0 Å². The highest BCUT2D eigenvalue weighted by molar-refractivity contribution is 7.78. The minimum absolute atomic E-state index is 0.0415. The molecule has 0 heterocycles. The van der Waals surface area contributed by atoms with Gasteiger partial charge in [-0.1, -0.05) is 11.6 Å². The molecule has 1 atom stereocenters. The van der Waals surface area contributed by atoms with E-state index < -0.39 is 11.1 Å². The number of aromatic hydroxyl groups is 1. The van der Waals surface area contributed by atoms with Crippen LogP contribution in [0.3, 0.4) is 0 Å². The second-order valence-electron chi connectivity index (χ2n) is 2.24. The third kappa shape index (κ3) is 2.48. The minimum Gasteiger partial charge on any atom is -0.508 e. The van der Waals surface area contributed by atoms with Crippen LogP contribution in [0.4, 0.5) is 0 Å². The van der Waals surface area contributed by atoms with E-state index in [4.69, 9.17) is 21.3 Å². The van der Waals surface area contributed by atoms with Crippen LogP contribution in [-0.2, 0) is 16.8 Å². The molecular formula is C7H7ClO3S. The predicted octanol–water partition coefficient (Wildman–Crippen LogP) is 1.77. The van der Waals surface area contributed by atoms with Gasteiger partial charge in [0.15, 0.2) is 11.1 Å². The van der Waals surface area contributed by atoms with E-state index in [1.165, 1.54) is 18.2 Å². The van der Waals surface area contributed by atoms with Crippen molar-refractivity contribution in [3.63, 3.8) is 0 Å². The zero-order valence-electron chi connectivity index (χ0n) is 6.03. The maximum atomic E-state index is 10.4. The summed E-state index contributed by atoms with van der Waals surface area (Å²) in [5, 5.41) is 9.40. The summed E-state index contributed by atoms with van der Waals surface area (Å²) in [4.78, 5) is 0. The molecule has 1 aromatic carbocycles. The quantitative estimate of drug-likeness (QED) is 0.726. The topological polar surface area (TPSA) is 57.5 Å². The molecule has 0 bridgehead atoms. The molecule has 3 nitrogen and oxygen atoms in total. The fourth-order valence-corrected chi connectivity index (χ4v) is 1.57. The van der Waals surface area contributed by atoms with Gasteiger partial charge in [0.05, 0.1) is 5.75 Å². The molecule has 5 heteroatoms. The Kier molecular flexibility index (Phi) is 3.08. The lowest BCUT2D eigenvalue weighted by Crippen LogP contribution is -1.93. The van der Waals surface area contributed by atoms with E-state index in [1.807, 2.05) is 0 Å². The van der Waals surface area contributed by atoms with E-state index >= 15 is 0 Å². The maximum Gasteiger partial charge on any atom is 0.157 e. The van der Waals surface area contributed by atoms with Crippen LogP contribution in [0.2, 0.25) is 5.02 Å². The van der Waals surface area contributed by atoms with Crippen molar-refractivity contribution in [2.45, 2.75) is 5.75 Å². The highest BCUT2D eigenvalue weighted by Gasteiger charge is 2.04. The Morgan fingerprint density at radius 1 is 1.50 bits per heavy atom. The van der Waals surface area contributed by atoms with E-state index in [0.717, 1.165) is 0 Å². The first kappa shape index (κ1) is 9.51. The third-order valence-electron chi connectivity index (χ3n) is 1.31. The van der Waals surface area contributed by atoms with Gasteiger partial charge in [-0.05, 0) is 23.8 Å². The monoisotopic (exact) mass is 206 g/mol. The van der Waals surface area contributed by atoms with Gasteiger partial charge in [-0.25, -0.2) is 4.21 Å². The van der Waals surface area contributed by atoms with Gasteiger partial charge in [0.1, 0.15) is 5.75 Å². The number of benzene rings is 1. The van der Waals surface area contributed by atoms with Crippen molar-refractivity contribution in [3.05, 3.63) is 28.8 Å². The molecule has 0 aliphatic rings. The number of hydrogen-bond acceptors (Lipinski definition) is 2. The largest absolute Gasteiger partial charge is 0.508 e. The van der Waals surface area contributed by atoms with Gasteiger partial charge in [0, 0.05) is 5.02 Å². The molecule has 0 aromatic heterocycles. The Morgan fingerprint density at radius 2 is 2.17 bits per heavy atom. The Hall–Kier alpha value is -0.580. The van der Waals surface area contributed by atoms with Gasteiger partial charge in [0.25, 0.3) is 0 Å². The summed E-state index contributed by atoms with van der Waals surface area (Å²) in [6, 6.07) is 4.28. The first-order valence-electron chi connectivity index (χ1n) is 3.14. The summed E-state index contributed by atoms with van der Waals surface area (Å²) in [5.74, 6) is -0.0207. The van der Waals surface area contributed by atoms with Gasteiger partial charge in [-0.15, -0.1) is 0 Å². The number of phenolic OH excluding ortho intramolecular Hbond substituents is 1. The van der Waals surface area contributed by atoms with Crippen LogP contribution in [0.15, 0.2) is 18.2 Å². The zero-order chi connectivity index (χ0) is 9.14. The van der Waals surface area contributed by atoms with Crippen LogP contribution in [0.5, 0.6) is 5.75 Å². The smallest absolute Gasteiger partial charge is 0.157 e. The molecule has 12 heavy (non-hydrogen) atoms. The first-order valence-corrected chi connectivity index (χ1v) is 4.80. The molecule has 0 saturated carbocycles. The van der Waals surface area contributed by atoms with E-state index in [9.17, 15) is 4.21 Å². The average molecular weight is 207 g/mol. The Morgan fingerprint density at radius 3 is 2.75 bits per heavy atom. The standard InChI is InChI=1S/C7H7ClO3S/c8-7-2-1-6(9)3-5(7)4-12(10)11/h1-3,9H,4H2,(H,10,11). The fourth-order valence-electron chi connectivity index (χ4n) is 0.805. The SMILES string of the molecule is O=S(O)Cc1cc(O)ccc1Cl. The molecule has 0 fully saturated rings. The molecule has 0 amide bonds. The van der Waals surface area contributed by atoms with Crippen molar-refractivity contribution in [2.24, 2.45) is 0 Å². The van der Waals surface area contributed by atoms with E-state index in [-0.39, 0.29) is 11.5 Å². The highest BCUT2D eigenvalue weighted by Crippen LogP contribution is 2.21. The summed E-state index contributed by atoms with van der Waals surface area (Å²) in [6.45, 7) is 0. The number of halogens is 1. The summed E-state index contributed by atoms with van der Waals surface area (Å²) >= 11 is 3.75. The van der Waals surface area contributed by atoms with E-state index in [0.29, 0.717) is 10.6 Å². The van der Waals surface area contributed by atoms with Crippen molar-refractivity contribution in [3.8, 4) is 5.75 Å². The lowest BCUT2D eigenvalue weighted by molar-refractivity contribution is 0.475. The summed E-state index contributed by atoms with van der Waals surface area (Å²) in [7, 11) is 0. The molecule has 2 N–H and O–H groups in total. The third-order valence-corrected chi connectivity index (χ3v) is 2.23. The predicted molar refractivity (Wildman–Crippen MR) is 47.6 cm³/mol. The molecule has 0 saturated heterocycles. The highest BCUT2D eigenvalue weighted by atomic mass is 35.5. The van der Waals surface area contributed by atoms with Crippen molar-refractivity contribution < 1.29 is 13.9 Å². The van der Waals surface area contributed by atoms with Gasteiger partial charge in [-0.3, -0.25) is 0 Å². The van der Waals surface area contributed by atoms with Gasteiger partial charge in [-0.2, -0.15) is 0 Å². The summed E-state index contributed by atoms with van der Waals surface area (Å²) in [5.41, 5.74) is 0.470. The fraction of sp³-hybridized carbons (Fsp3) is 0.143. The molecule has 0 radical (unpaired) electrons. The second-order valence-corrected chi connectivity index (χ2v) is 3.58. The van der Waals surface area contributed by atoms with Crippen LogP contribution in [0.1, 0.15) is 5.56 Å². The van der Waals surface area contributed by atoms with Crippen molar-refractivity contribution in [2.75, 3.05) is 0 Å². The molecule has 1 aromatic rings. The molecular weight excluding hydrogens is 200 g/mol. The number of rotatable bonds is 2. The van der Waals surface area contributed by atoms with E-state index in [1.54, 1.807) is 0 Å². The zero-order valence-corrected chi connectivity index (χ0v) is 7.60. The Balaban J connectivity index is 2.97. The molecule has 0 spiro atoms. The maximum absolute atomic E-state index is 10.4. The van der Waals surface area contributed by atoms with Gasteiger partial charge < -0.3 is 9.66 Å². The van der Waals surface area contributed by atoms with Crippen molar-refractivity contribution in [1.82, 2.24) is 0 Å². The van der Waals surface area contributed by atoms with Crippen LogP contribution >= 0.6 is 11.6 Å². The van der Waals surface area contributed by atoms with Crippen LogP contribution in [0, 0.1) is 0 Å². The average Bonchev–Trinajstić information content (AvgIpc) is 1.96. The Bertz CT molecular complexity index is 314. The molecule has 1 rings (SSSR count). The first-order chi connectivity index (χ1) is 5.59. The molecule has 0 aliphatic heterocycles. The molecule has 0 aliphatic carbocycles. The van der Waals surface area contributed by atoms with Gasteiger partial charge >= 0.3 is 0 Å². The van der Waals surface area contributed by atoms with Crippen LogP contribution < -0.4 is 0 Å². The second kappa shape index (κ2) is 3.89. The molecule has 66 valence electrons. The van der Waals surface area contributed by atoms with Gasteiger partial charge in [0.2, 0.25) is 0 Å². The van der Waals surface area contributed by atoms with Crippen LogP contribution in [0.25, 0.3) is 0 Å². The Labute approximate surface area is 77.3 Å². The molecule has 1 unspecified atom stereocenters. The lowest BCUT2D eigenvalue weighted by atomic mass is 10.2. The number of phenols is 1. The van der Waals surface area contributed by atoms with Crippen molar-refractivity contribution in [1.29, 1.82) is 0 Å². The normalized spacial score (nSPS) is 12.8. The summed E-state index contributed by atoms with van der Waals surface area (Å²) in [6.07, 6.45) is 0. The summed E-state index contributed by atoms with van der Waals surface area (Å²) < 4.78 is 19.0. The van der Waals surface area contributed by atoms with Crippen LogP contribution in [-0.4, -0.2) is 13.9 Å². The lowest BCUT2D eigenvalue weighted by Gasteiger charge is -2.00. The number of hydrogen-bond donors (Lipinski definition) is 2. The minimum atomic E-state index is -1.93. The van der Waals surface area contributed by atoms with Crippen molar-refractivity contribution >= 4 is 22.7 Å².